The van der Waals surface area contributed by atoms with E-state index in [9.17, 15) is 0 Å². The quantitative estimate of drug-likeness (QED) is 0.190. The van der Waals surface area contributed by atoms with Gasteiger partial charge in [-0.15, -0.1) is 35.7 Å². The SMILES string of the molecule is CN=C(NCCSC)NCC(C)CSc1ccccc1OC.I. The first-order chi connectivity index (χ1) is 10.7. The molecule has 1 atom stereocenters. The third-order valence-electron chi connectivity index (χ3n) is 3.03. The first-order valence-electron chi connectivity index (χ1n) is 7.40. The molecule has 0 aliphatic rings. The Labute approximate surface area is 166 Å². The molecule has 0 heterocycles. The van der Waals surface area contributed by atoms with Gasteiger partial charge in [0, 0.05) is 36.5 Å². The van der Waals surface area contributed by atoms with Gasteiger partial charge in [0.1, 0.15) is 5.75 Å². The summed E-state index contributed by atoms with van der Waals surface area (Å²) in [5.41, 5.74) is 0. The fourth-order valence-corrected chi connectivity index (χ4v) is 3.15. The Morgan fingerprint density at radius 2 is 2.04 bits per heavy atom. The lowest BCUT2D eigenvalue weighted by atomic mass is 10.2. The number of hydrogen-bond acceptors (Lipinski definition) is 4. The zero-order valence-corrected chi connectivity index (χ0v) is 18.3. The maximum atomic E-state index is 5.38. The number of nitrogens with zero attached hydrogens (tertiary/aromatic N) is 1. The van der Waals surface area contributed by atoms with Gasteiger partial charge in [-0.05, 0) is 24.3 Å². The van der Waals surface area contributed by atoms with Gasteiger partial charge in [0.05, 0.1) is 7.11 Å². The first-order valence-corrected chi connectivity index (χ1v) is 9.78. The van der Waals surface area contributed by atoms with Crippen LogP contribution in [0, 0.1) is 5.92 Å². The lowest BCUT2D eigenvalue weighted by molar-refractivity contribution is 0.405. The number of halogens is 1. The lowest BCUT2D eigenvalue weighted by Crippen LogP contribution is -2.40. The number of ether oxygens (including phenoxy) is 1. The Bertz CT molecular complexity index is 461. The Morgan fingerprint density at radius 1 is 1.30 bits per heavy atom. The van der Waals surface area contributed by atoms with Gasteiger partial charge in [0.15, 0.2) is 5.96 Å². The second-order valence-corrected chi connectivity index (χ2v) is 6.99. The van der Waals surface area contributed by atoms with Crippen LogP contribution in [-0.4, -0.2) is 51.0 Å². The van der Waals surface area contributed by atoms with E-state index in [1.54, 1.807) is 7.11 Å². The Balaban J connectivity index is 0.00000484. The van der Waals surface area contributed by atoms with Crippen LogP contribution in [0.1, 0.15) is 6.92 Å². The minimum atomic E-state index is 0. The maximum Gasteiger partial charge on any atom is 0.191 e. The molecule has 4 nitrogen and oxygen atoms in total. The second kappa shape index (κ2) is 14.1. The predicted molar refractivity (Wildman–Crippen MR) is 116 cm³/mol. The van der Waals surface area contributed by atoms with Gasteiger partial charge in [-0.25, -0.2) is 0 Å². The summed E-state index contributed by atoms with van der Waals surface area (Å²) in [6.07, 6.45) is 2.11. The van der Waals surface area contributed by atoms with Crippen LogP contribution in [-0.2, 0) is 0 Å². The largest absolute Gasteiger partial charge is 0.496 e. The molecule has 0 aromatic heterocycles. The first kappa shape index (κ1) is 22.7. The smallest absolute Gasteiger partial charge is 0.191 e. The van der Waals surface area contributed by atoms with E-state index >= 15 is 0 Å². The van der Waals surface area contributed by atoms with Crippen molar-refractivity contribution in [2.75, 3.05) is 45.0 Å². The van der Waals surface area contributed by atoms with Gasteiger partial charge in [0.2, 0.25) is 0 Å². The molecule has 7 heteroatoms. The summed E-state index contributed by atoms with van der Waals surface area (Å²) in [4.78, 5) is 5.43. The van der Waals surface area contributed by atoms with Gasteiger partial charge in [-0.3, -0.25) is 4.99 Å². The lowest BCUT2D eigenvalue weighted by Gasteiger charge is -2.16. The molecule has 0 aliphatic heterocycles. The van der Waals surface area contributed by atoms with Crippen molar-refractivity contribution in [2.45, 2.75) is 11.8 Å². The Kier molecular flexibility index (Phi) is 13.9. The monoisotopic (exact) mass is 469 g/mol. The molecule has 0 saturated heterocycles. The summed E-state index contributed by atoms with van der Waals surface area (Å²) in [6, 6.07) is 8.15. The molecule has 0 amide bonds. The van der Waals surface area contributed by atoms with Crippen molar-refractivity contribution < 1.29 is 4.74 Å². The number of rotatable bonds is 9. The number of guanidine groups is 1. The number of benzene rings is 1. The van der Waals surface area contributed by atoms with Gasteiger partial charge in [0.25, 0.3) is 0 Å². The van der Waals surface area contributed by atoms with E-state index in [2.05, 4.69) is 34.9 Å². The number of aliphatic imine (C=N–C) groups is 1. The van der Waals surface area contributed by atoms with Crippen LogP contribution < -0.4 is 15.4 Å². The molecule has 0 fully saturated rings. The average molecular weight is 469 g/mol. The number of para-hydroxylation sites is 1. The van der Waals surface area contributed by atoms with E-state index in [0.717, 1.165) is 36.3 Å². The third kappa shape index (κ3) is 9.56. The summed E-state index contributed by atoms with van der Waals surface area (Å²) in [5, 5.41) is 6.69. The van der Waals surface area contributed by atoms with Crippen molar-refractivity contribution in [3.8, 4) is 5.75 Å². The molecule has 0 saturated carbocycles. The van der Waals surface area contributed by atoms with Crippen LogP contribution in [0.25, 0.3) is 0 Å². The highest BCUT2D eigenvalue weighted by Gasteiger charge is 2.07. The van der Waals surface area contributed by atoms with E-state index in [4.69, 9.17) is 4.74 Å². The molecule has 1 aromatic carbocycles. The molecule has 132 valence electrons. The highest BCUT2D eigenvalue weighted by atomic mass is 127. The minimum absolute atomic E-state index is 0. The van der Waals surface area contributed by atoms with Crippen LogP contribution in [0.5, 0.6) is 5.75 Å². The molecule has 2 N–H and O–H groups in total. The van der Waals surface area contributed by atoms with Crippen LogP contribution in [0.3, 0.4) is 0 Å². The molecule has 1 unspecified atom stereocenters. The normalized spacial score (nSPS) is 12.3. The highest BCUT2D eigenvalue weighted by molar-refractivity contribution is 14.0. The summed E-state index contributed by atoms with van der Waals surface area (Å²) < 4.78 is 5.38. The summed E-state index contributed by atoms with van der Waals surface area (Å²) in [7, 11) is 3.53. The number of nitrogens with one attached hydrogen (secondary N) is 2. The summed E-state index contributed by atoms with van der Waals surface area (Å²) in [5.74, 6) is 4.48. The zero-order valence-electron chi connectivity index (χ0n) is 14.3. The van der Waals surface area contributed by atoms with Gasteiger partial charge < -0.3 is 15.4 Å². The van der Waals surface area contributed by atoms with E-state index in [0.29, 0.717) is 5.92 Å². The van der Waals surface area contributed by atoms with Crippen LogP contribution in [0.15, 0.2) is 34.2 Å². The van der Waals surface area contributed by atoms with Crippen LogP contribution in [0.2, 0.25) is 0 Å². The van der Waals surface area contributed by atoms with Crippen molar-refractivity contribution in [3.05, 3.63) is 24.3 Å². The molecule has 23 heavy (non-hydrogen) atoms. The number of hydrogen-bond donors (Lipinski definition) is 2. The Hall–Kier alpha value is -0.280. The van der Waals surface area contributed by atoms with Crippen molar-refractivity contribution in [1.82, 2.24) is 10.6 Å². The molecule has 0 aliphatic carbocycles. The van der Waals surface area contributed by atoms with E-state index in [-0.39, 0.29) is 24.0 Å². The fraction of sp³-hybridized carbons (Fsp3) is 0.562. The van der Waals surface area contributed by atoms with Gasteiger partial charge >= 0.3 is 0 Å². The van der Waals surface area contributed by atoms with Crippen molar-refractivity contribution >= 4 is 53.5 Å². The number of thioether (sulfide) groups is 2. The van der Waals surface area contributed by atoms with Crippen LogP contribution in [0.4, 0.5) is 0 Å². The zero-order chi connectivity index (χ0) is 16.2. The number of methoxy groups -OCH3 is 1. The van der Waals surface area contributed by atoms with Crippen molar-refractivity contribution in [2.24, 2.45) is 10.9 Å². The topological polar surface area (TPSA) is 45.7 Å². The Morgan fingerprint density at radius 3 is 2.70 bits per heavy atom. The molecule has 1 aromatic rings. The highest BCUT2D eigenvalue weighted by Crippen LogP contribution is 2.29. The summed E-state index contributed by atoms with van der Waals surface area (Å²) in [6.45, 7) is 4.08. The van der Waals surface area contributed by atoms with Gasteiger partial charge in [-0.2, -0.15) is 11.8 Å². The van der Waals surface area contributed by atoms with E-state index < -0.39 is 0 Å². The molecule has 0 bridgehead atoms. The van der Waals surface area contributed by atoms with Gasteiger partial charge in [-0.1, -0.05) is 19.1 Å². The maximum absolute atomic E-state index is 5.38. The molecule has 0 radical (unpaired) electrons. The van der Waals surface area contributed by atoms with E-state index in [1.807, 2.05) is 48.8 Å². The summed E-state index contributed by atoms with van der Waals surface area (Å²) >= 11 is 3.66. The van der Waals surface area contributed by atoms with Crippen molar-refractivity contribution in [3.63, 3.8) is 0 Å². The molecule has 0 spiro atoms. The second-order valence-electron chi connectivity index (χ2n) is 4.94. The van der Waals surface area contributed by atoms with Crippen LogP contribution >= 0.6 is 47.5 Å². The standard InChI is InChI=1S/C16H27N3OS2.HI/c1-13(11-19-16(17-2)18-9-10-21-4)12-22-15-8-6-5-7-14(15)20-3;/h5-8,13H,9-12H2,1-4H3,(H2,17,18,19);1H. The molecule has 1 rings (SSSR count). The predicted octanol–water partition coefficient (Wildman–Crippen LogP) is 3.57. The average Bonchev–Trinajstić information content (AvgIpc) is 2.56. The van der Waals surface area contributed by atoms with E-state index in [1.165, 1.54) is 4.90 Å². The fourth-order valence-electron chi connectivity index (χ4n) is 1.79. The minimum Gasteiger partial charge on any atom is -0.496 e. The molecular weight excluding hydrogens is 441 g/mol. The third-order valence-corrected chi connectivity index (χ3v) is 5.03. The molecular formula is C16H28IN3OS2. The van der Waals surface area contributed by atoms with Crippen molar-refractivity contribution in [1.29, 1.82) is 0 Å².